The minimum Gasteiger partial charge on any atom is -0.463 e. The predicted molar refractivity (Wildman–Crippen MR) is 380 cm³/mol. The SMILES string of the molecule is CC/C=C\C/C=C\C/C=C\C/C=C\C/C=C\CCCCCC(=O)OCC(O)COP(=O)(O)OCC(O)COP(=O)(O)OCC(COC(=O)CCCCCCCC/C=C\C/C=C\C/C=C\C/C=C\CC)OC(=O)CCCCCCCC/C=C\C/C=C\C/C=C\CCCCC. The summed E-state index contributed by atoms with van der Waals surface area (Å²) in [6.45, 7) is 2.33. The summed E-state index contributed by atoms with van der Waals surface area (Å²) < 4.78 is 60.9. The molecule has 0 amide bonds. The molecule has 0 rings (SSSR count). The normalized spacial score (nSPS) is 15.0. The summed E-state index contributed by atoms with van der Waals surface area (Å²) in [6, 6.07) is 0. The Balaban J connectivity index is 4.79. The van der Waals surface area contributed by atoms with E-state index in [1.54, 1.807) is 0 Å². The van der Waals surface area contributed by atoms with Crippen molar-refractivity contribution in [2.75, 3.05) is 39.6 Å². The summed E-state index contributed by atoms with van der Waals surface area (Å²) in [7, 11) is -9.81. The first-order chi connectivity index (χ1) is 45.2. The highest BCUT2D eigenvalue weighted by Gasteiger charge is 2.29. The molecule has 5 unspecified atom stereocenters. The number of hydrogen-bond donors (Lipinski definition) is 4. The maximum atomic E-state index is 13.0. The molecule has 0 aromatic heterocycles. The van der Waals surface area contributed by atoms with E-state index in [9.17, 15) is 43.5 Å². The highest BCUT2D eigenvalue weighted by molar-refractivity contribution is 7.47. The van der Waals surface area contributed by atoms with E-state index in [0.29, 0.717) is 19.3 Å². The first kappa shape index (κ1) is 88.4. The van der Waals surface area contributed by atoms with Crippen molar-refractivity contribution in [2.45, 2.75) is 270 Å². The van der Waals surface area contributed by atoms with E-state index >= 15 is 0 Å². The highest BCUT2D eigenvalue weighted by atomic mass is 31.2. The summed E-state index contributed by atoms with van der Waals surface area (Å²) in [5.41, 5.74) is 0. The van der Waals surface area contributed by atoms with Crippen LogP contribution in [0, 0.1) is 0 Å². The van der Waals surface area contributed by atoms with Crippen LogP contribution in [-0.2, 0) is 55.8 Å². The molecular formula is C75H124O16P2. The number of aliphatic hydroxyl groups is 2. The number of aliphatic hydroxyl groups excluding tert-OH is 2. The number of unbranched alkanes of at least 4 members (excludes halogenated alkanes) is 18. The van der Waals surface area contributed by atoms with Gasteiger partial charge in [0, 0.05) is 19.3 Å². The van der Waals surface area contributed by atoms with Crippen molar-refractivity contribution in [1.82, 2.24) is 0 Å². The number of rotatable bonds is 65. The van der Waals surface area contributed by atoms with E-state index in [1.807, 2.05) is 0 Å². The maximum absolute atomic E-state index is 13.0. The zero-order valence-electron chi connectivity index (χ0n) is 57.4. The number of allylic oxidation sites excluding steroid dienone is 24. The van der Waals surface area contributed by atoms with Gasteiger partial charge in [-0.2, -0.15) is 0 Å². The van der Waals surface area contributed by atoms with E-state index in [2.05, 4.69) is 167 Å². The Morgan fingerprint density at radius 2 is 0.570 bits per heavy atom. The molecule has 0 aliphatic heterocycles. The summed E-state index contributed by atoms with van der Waals surface area (Å²) in [4.78, 5) is 58.5. The second kappa shape index (κ2) is 67.4. The fraction of sp³-hybridized carbons (Fsp3) is 0.640. The molecule has 0 heterocycles. The van der Waals surface area contributed by atoms with E-state index in [0.717, 1.165) is 173 Å². The summed E-state index contributed by atoms with van der Waals surface area (Å²) in [5, 5.41) is 20.6. The highest BCUT2D eigenvalue weighted by Crippen LogP contribution is 2.45. The van der Waals surface area contributed by atoms with Crippen LogP contribution in [0.1, 0.15) is 252 Å². The van der Waals surface area contributed by atoms with Gasteiger partial charge in [-0.15, -0.1) is 0 Å². The average Bonchev–Trinajstić information content (AvgIpc) is 3.57. The lowest BCUT2D eigenvalue weighted by Gasteiger charge is -2.21. The van der Waals surface area contributed by atoms with Crippen LogP contribution in [0.5, 0.6) is 0 Å². The fourth-order valence-electron chi connectivity index (χ4n) is 8.71. The zero-order valence-corrected chi connectivity index (χ0v) is 59.2. The van der Waals surface area contributed by atoms with Gasteiger partial charge in [-0.25, -0.2) is 9.13 Å². The molecule has 0 radical (unpaired) electrons. The molecule has 0 aliphatic carbocycles. The lowest BCUT2D eigenvalue weighted by Crippen LogP contribution is -2.30. The van der Waals surface area contributed by atoms with Gasteiger partial charge in [0.15, 0.2) is 6.10 Å². The molecule has 0 spiro atoms. The topological polar surface area (TPSA) is 231 Å². The second-order valence-electron chi connectivity index (χ2n) is 22.9. The van der Waals surface area contributed by atoms with Gasteiger partial charge >= 0.3 is 33.6 Å². The smallest absolute Gasteiger partial charge is 0.463 e. The Kier molecular flexibility index (Phi) is 64.1. The van der Waals surface area contributed by atoms with Gasteiger partial charge in [0.25, 0.3) is 0 Å². The molecule has 0 saturated carbocycles. The summed E-state index contributed by atoms with van der Waals surface area (Å²) in [5.74, 6) is -1.64. The van der Waals surface area contributed by atoms with Crippen LogP contribution in [0.25, 0.3) is 0 Å². The number of hydrogen-bond acceptors (Lipinski definition) is 14. The van der Waals surface area contributed by atoms with Crippen molar-refractivity contribution in [3.63, 3.8) is 0 Å². The van der Waals surface area contributed by atoms with Gasteiger partial charge in [-0.05, 0) is 141 Å². The maximum Gasteiger partial charge on any atom is 0.472 e. The molecule has 0 aromatic carbocycles. The van der Waals surface area contributed by atoms with E-state index in [4.69, 9.17) is 32.3 Å². The molecule has 0 aliphatic rings. The molecule has 16 nitrogen and oxygen atoms in total. The van der Waals surface area contributed by atoms with Crippen LogP contribution in [0.15, 0.2) is 146 Å². The molecule has 0 aromatic rings. The van der Waals surface area contributed by atoms with Crippen LogP contribution in [-0.4, -0.2) is 95.9 Å². The number of esters is 3. The molecule has 18 heteroatoms. The second-order valence-corrected chi connectivity index (χ2v) is 25.8. The van der Waals surface area contributed by atoms with Crippen molar-refractivity contribution < 1.29 is 75.8 Å². The van der Waals surface area contributed by atoms with Crippen molar-refractivity contribution >= 4 is 33.6 Å². The Morgan fingerprint density at radius 1 is 0.312 bits per heavy atom. The van der Waals surface area contributed by atoms with Crippen LogP contribution >= 0.6 is 15.6 Å². The van der Waals surface area contributed by atoms with Gasteiger partial charge in [0.1, 0.15) is 25.4 Å². The third kappa shape index (κ3) is 68.6. The fourth-order valence-corrected chi connectivity index (χ4v) is 10.3. The minimum atomic E-state index is -4.94. The van der Waals surface area contributed by atoms with E-state index in [1.165, 1.54) is 19.3 Å². The predicted octanol–water partition coefficient (Wildman–Crippen LogP) is 19.8. The molecular weight excluding hydrogens is 1220 g/mol. The van der Waals surface area contributed by atoms with Crippen molar-refractivity contribution in [3.05, 3.63) is 146 Å². The molecule has 0 bridgehead atoms. The lowest BCUT2D eigenvalue weighted by atomic mass is 10.1. The third-order valence-electron chi connectivity index (χ3n) is 14.0. The Labute approximate surface area is 562 Å². The molecule has 4 N–H and O–H groups in total. The van der Waals surface area contributed by atoms with Gasteiger partial charge in [0.2, 0.25) is 0 Å². The average molecular weight is 1340 g/mol. The molecule has 0 fully saturated rings. The van der Waals surface area contributed by atoms with Gasteiger partial charge in [-0.3, -0.25) is 32.5 Å². The first-order valence-electron chi connectivity index (χ1n) is 35.1. The van der Waals surface area contributed by atoms with Crippen molar-refractivity contribution in [3.8, 4) is 0 Å². The quantitative estimate of drug-likeness (QED) is 0.0146. The minimum absolute atomic E-state index is 0.0808. The van der Waals surface area contributed by atoms with Gasteiger partial charge < -0.3 is 34.2 Å². The van der Waals surface area contributed by atoms with Crippen LogP contribution < -0.4 is 0 Å². The van der Waals surface area contributed by atoms with Crippen LogP contribution in [0.4, 0.5) is 0 Å². The van der Waals surface area contributed by atoms with Crippen molar-refractivity contribution in [1.29, 1.82) is 0 Å². The van der Waals surface area contributed by atoms with E-state index in [-0.39, 0.29) is 19.3 Å². The number of carbonyl (C=O) groups excluding carboxylic acids is 3. The third-order valence-corrected chi connectivity index (χ3v) is 15.9. The van der Waals surface area contributed by atoms with Crippen molar-refractivity contribution in [2.24, 2.45) is 0 Å². The number of phosphoric ester groups is 2. The van der Waals surface area contributed by atoms with Gasteiger partial charge in [0.05, 0.1) is 26.4 Å². The Bertz CT molecular complexity index is 2280. The monoisotopic (exact) mass is 1340 g/mol. The first-order valence-corrected chi connectivity index (χ1v) is 38.1. The summed E-state index contributed by atoms with van der Waals surface area (Å²) >= 11 is 0. The largest absolute Gasteiger partial charge is 0.472 e. The standard InChI is InChI=1S/C75H124O16P2/c1-4-7-10-13-16-19-22-25-28-31-34-37-40-43-46-49-52-55-58-61-73(78)85-64-70(76)65-87-92(81,82)88-66-71(77)67-89-93(83,84)90-69-72(91-75(80)63-60-57-54-51-48-45-42-39-36-33-30-27-24-21-18-15-12-9-6-3)68-86-74(79)62-59-56-53-50-47-44-41-38-35-32-29-26-23-20-17-14-11-8-5-2/h7-8,10-11,16-21,25-30,34-39,43,46,70-72,76-77H,4-6,9,12-15,22-24,31-33,40-42,44-45,47-69H2,1-3H3,(H,81,82)(H,83,84)/b10-7-,11-8-,19-16-,20-17-,21-18-,28-25-,29-26-,30-27-,37-34-,38-35-,39-36-,46-43-. The van der Waals surface area contributed by atoms with E-state index < -0.39 is 91.5 Å². The number of phosphoric acid groups is 2. The van der Waals surface area contributed by atoms with Gasteiger partial charge in [-0.1, -0.05) is 237 Å². The molecule has 93 heavy (non-hydrogen) atoms. The Hall–Kier alpha value is -4.57. The number of ether oxygens (including phenoxy) is 3. The summed E-state index contributed by atoms with van der Waals surface area (Å²) in [6.07, 6.45) is 80.3. The Morgan fingerprint density at radius 3 is 0.914 bits per heavy atom. The zero-order chi connectivity index (χ0) is 68.1. The molecule has 5 atom stereocenters. The molecule has 0 saturated heterocycles. The molecule has 530 valence electrons. The van der Waals surface area contributed by atoms with Crippen LogP contribution in [0.2, 0.25) is 0 Å². The van der Waals surface area contributed by atoms with Crippen LogP contribution in [0.3, 0.4) is 0 Å². The number of carbonyl (C=O) groups is 3. The lowest BCUT2D eigenvalue weighted by molar-refractivity contribution is -0.161.